The van der Waals surface area contributed by atoms with Gasteiger partial charge in [-0.25, -0.2) is 0 Å². The smallest absolute Gasteiger partial charge is 0.153 e. The van der Waals surface area contributed by atoms with Gasteiger partial charge in [0.05, 0.1) is 12.7 Å². The highest BCUT2D eigenvalue weighted by Crippen LogP contribution is 2.20. The van der Waals surface area contributed by atoms with Crippen LogP contribution in [0.1, 0.15) is 32.8 Å². The molecular weight excluding hydrogens is 224 g/mol. The van der Waals surface area contributed by atoms with E-state index in [4.69, 9.17) is 10.5 Å². The molecule has 1 rings (SSSR count). The van der Waals surface area contributed by atoms with Crippen molar-refractivity contribution in [1.29, 1.82) is 5.26 Å². The van der Waals surface area contributed by atoms with Crippen molar-refractivity contribution in [1.82, 2.24) is 0 Å². The zero-order chi connectivity index (χ0) is 13.6. The largest absolute Gasteiger partial charge is 0.378 e. The van der Waals surface area contributed by atoms with Crippen LogP contribution in [-0.4, -0.2) is 13.2 Å². The molecule has 3 nitrogen and oxygen atoms in total. The lowest BCUT2D eigenvalue weighted by molar-refractivity contribution is 0.0820. The van der Waals surface area contributed by atoms with Crippen molar-refractivity contribution in [2.24, 2.45) is 11.1 Å². The van der Waals surface area contributed by atoms with Crippen LogP contribution in [0.4, 0.5) is 0 Å². The summed E-state index contributed by atoms with van der Waals surface area (Å²) in [5, 5.41) is 9.24. The van der Waals surface area contributed by atoms with E-state index in [1.807, 2.05) is 30.3 Å². The molecule has 0 spiro atoms. The van der Waals surface area contributed by atoms with Crippen molar-refractivity contribution in [3.05, 3.63) is 35.9 Å². The van der Waals surface area contributed by atoms with Crippen molar-refractivity contribution < 1.29 is 4.74 Å². The first-order valence-corrected chi connectivity index (χ1v) is 6.21. The average molecular weight is 246 g/mol. The van der Waals surface area contributed by atoms with Crippen LogP contribution in [0, 0.1) is 16.7 Å². The highest BCUT2D eigenvalue weighted by Gasteiger charge is 2.27. The SMILES string of the molecule is CC(C)(C)CCOCC(N)(C#N)c1ccccc1. The molecule has 1 unspecified atom stereocenters. The van der Waals surface area contributed by atoms with Gasteiger partial charge in [-0.05, 0) is 17.4 Å². The number of rotatable bonds is 5. The Morgan fingerprint density at radius 2 is 1.83 bits per heavy atom. The van der Waals surface area contributed by atoms with Gasteiger partial charge in [-0.3, -0.25) is 0 Å². The Morgan fingerprint density at radius 1 is 1.22 bits per heavy atom. The topological polar surface area (TPSA) is 59.0 Å². The molecule has 0 saturated heterocycles. The van der Waals surface area contributed by atoms with Gasteiger partial charge in [0.15, 0.2) is 5.54 Å². The summed E-state index contributed by atoms with van der Waals surface area (Å²) < 4.78 is 5.57. The summed E-state index contributed by atoms with van der Waals surface area (Å²) in [4.78, 5) is 0. The van der Waals surface area contributed by atoms with E-state index in [9.17, 15) is 5.26 Å². The number of nitrogens with two attached hydrogens (primary N) is 1. The van der Waals surface area contributed by atoms with Gasteiger partial charge < -0.3 is 10.5 Å². The Balaban J connectivity index is 2.55. The van der Waals surface area contributed by atoms with Crippen LogP contribution in [-0.2, 0) is 10.3 Å². The van der Waals surface area contributed by atoms with E-state index in [-0.39, 0.29) is 12.0 Å². The van der Waals surface area contributed by atoms with E-state index >= 15 is 0 Å². The molecule has 0 fully saturated rings. The first-order valence-electron chi connectivity index (χ1n) is 6.21. The van der Waals surface area contributed by atoms with Gasteiger partial charge in [0.25, 0.3) is 0 Å². The molecule has 1 atom stereocenters. The average Bonchev–Trinajstić information content (AvgIpc) is 2.34. The molecular formula is C15H22N2O. The second-order valence-corrected chi connectivity index (χ2v) is 5.81. The maximum absolute atomic E-state index is 9.24. The molecule has 0 aromatic heterocycles. The molecule has 0 radical (unpaired) electrons. The van der Waals surface area contributed by atoms with E-state index in [2.05, 4.69) is 26.8 Å². The van der Waals surface area contributed by atoms with E-state index in [1.54, 1.807) is 0 Å². The molecule has 3 heteroatoms. The first kappa shape index (κ1) is 14.7. The number of hydrogen-bond donors (Lipinski definition) is 1. The Labute approximate surface area is 110 Å². The summed E-state index contributed by atoms with van der Waals surface area (Å²) >= 11 is 0. The maximum Gasteiger partial charge on any atom is 0.153 e. The maximum atomic E-state index is 9.24. The zero-order valence-corrected chi connectivity index (χ0v) is 11.4. The highest BCUT2D eigenvalue weighted by molar-refractivity contribution is 5.30. The van der Waals surface area contributed by atoms with Crippen LogP contribution in [0.2, 0.25) is 0 Å². The molecule has 0 aliphatic rings. The molecule has 0 aliphatic heterocycles. The molecule has 98 valence electrons. The van der Waals surface area contributed by atoms with Crippen molar-refractivity contribution in [3.8, 4) is 6.07 Å². The Hall–Kier alpha value is -1.37. The molecule has 0 heterocycles. The van der Waals surface area contributed by atoms with E-state index < -0.39 is 5.54 Å². The monoisotopic (exact) mass is 246 g/mol. The third-order valence-corrected chi connectivity index (χ3v) is 2.81. The normalized spacial score (nSPS) is 14.8. The molecule has 0 amide bonds. The third-order valence-electron chi connectivity index (χ3n) is 2.81. The quantitative estimate of drug-likeness (QED) is 0.813. The standard InChI is InChI=1S/C15H22N2O/c1-14(2,3)9-10-18-12-15(17,11-16)13-7-5-4-6-8-13/h4-8H,9-10,12,17H2,1-3H3. The summed E-state index contributed by atoms with van der Waals surface area (Å²) in [7, 11) is 0. The van der Waals surface area contributed by atoms with E-state index in [0.717, 1.165) is 12.0 Å². The van der Waals surface area contributed by atoms with Gasteiger partial charge in [-0.1, -0.05) is 51.1 Å². The van der Waals surface area contributed by atoms with Crippen molar-refractivity contribution in [2.45, 2.75) is 32.7 Å². The second kappa shape index (κ2) is 5.99. The molecule has 2 N–H and O–H groups in total. The van der Waals surface area contributed by atoms with Crippen LogP contribution in [0.3, 0.4) is 0 Å². The summed E-state index contributed by atoms with van der Waals surface area (Å²) in [6.07, 6.45) is 0.948. The highest BCUT2D eigenvalue weighted by atomic mass is 16.5. The third kappa shape index (κ3) is 4.48. The van der Waals surface area contributed by atoms with Gasteiger partial charge in [0.1, 0.15) is 0 Å². The molecule has 0 aliphatic carbocycles. The summed E-state index contributed by atoms with van der Waals surface area (Å²) in [5.41, 5.74) is 6.05. The predicted octanol–water partition coefficient (Wildman–Crippen LogP) is 2.82. The van der Waals surface area contributed by atoms with Gasteiger partial charge in [0, 0.05) is 6.61 Å². The number of hydrogen-bond acceptors (Lipinski definition) is 3. The minimum atomic E-state index is -1.06. The van der Waals surface area contributed by atoms with Crippen molar-refractivity contribution in [3.63, 3.8) is 0 Å². The van der Waals surface area contributed by atoms with Gasteiger partial charge >= 0.3 is 0 Å². The van der Waals surface area contributed by atoms with Crippen molar-refractivity contribution >= 4 is 0 Å². The Morgan fingerprint density at radius 3 is 2.33 bits per heavy atom. The summed E-state index contributed by atoms with van der Waals surface area (Å²) in [6.45, 7) is 7.33. The molecule has 0 bridgehead atoms. The second-order valence-electron chi connectivity index (χ2n) is 5.81. The number of benzene rings is 1. The molecule has 18 heavy (non-hydrogen) atoms. The van der Waals surface area contributed by atoms with Crippen LogP contribution in [0.15, 0.2) is 30.3 Å². The van der Waals surface area contributed by atoms with Crippen LogP contribution < -0.4 is 5.73 Å². The molecule has 0 saturated carbocycles. The summed E-state index contributed by atoms with van der Waals surface area (Å²) in [5.74, 6) is 0. The lowest BCUT2D eigenvalue weighted by Gasteiger charge is -2.23. The lowest BCUT2D eigenvalue weighted by Crippen LogP contribution is -2.40. The minimum absolute atomic E-state index is 0.226. The van der Waals surface area contributed by atoms with Gasteiger partial charge in [-0.15, -0.1) is 0 Å². The lowest BCUT2D eigenvalue weighted by atomic mass is 9.92. The summed E-state index contributed by atoms with van der Waals surface area (Å²) in [6, 6.07) is 11.5. The van der Waals surface area contributed by atoms with Crippen LogP contribution in [0.25, 0.3) is 0 Å². The Bertz CT molecular complexity index is 403. The fourth-order valence-corrected chi connectivity index (χ4v) is 1.53. The minimum Gasteiger partial charge on any atom is -0.378 e. The molecule has 1 aromatic carbocycles. The van der Waals surface area contributed by atoms with E-state index in [1.165, 1.54) is 0 Å². The van der Waals surface area contributed by atoms with Crippen molar-refractivity contribution in [2.75, 3.05) is 13.2 Å². The van der Waals surface area contributed by atoms with Crippen LogP contribution in [0.5, 0.6) is 0 Å². The zero-order valence-electron chi connectivity index (χ0n) is 11.4. The Kier molecular flexibility index (Phi) is 4.89. The fourth-order valence-electron chi connectivity index (χ4n) is 1.53. The van der Waals surface area contributed by atoms with Gasteiger partial charge in [0.2, 0.25) is 0 Å². The number of ether oxygens (including phenoxy) is 1. The first-order chi connectivity index (χ1) is 8.37. The molecule has 1 aromatic rings. The fraction of sp³-hybridized carbons (Fsp3) is 0.533. The predicted molar refractivity (Wildman–Crippen MR) is 72.8 cm³/mol. The van der Waals surface area contributed by atoms with Crippen LogP contribution >= 0.6 is 0 Å². The number of nitriles is 1. The number of nitrogens with zero attached hydrogens (tertiary/aromatic N) is 1. The van der Waals surface area contributed by atoms with E-state index in [0.29, 0.717) is 6.61 Å². The van der Waals surface area contributed by atoms with Gasteiger partial charge in [-0.2, -0.15) is 5.26 Å².